The highest BCUT2D eigenvalue weighted by Crippen LogP contribution is 2.27. The van der Waals surface area contributed by atoms with Gasteiger partial charge in [0.05, 0.1) is 15.9 Å². The van der Waals surface area contributed by atoms with Gasteiger partial charge in [-0.05, 0) is 44.5 Å². The maximum Gasteiger partial charge on any atom is 0.250 e. The van der Waals surface area contributed by atoms with Gasteiger partial charge in [0.1, 0.15) is 6.04 Å². The lowest BCUT2D eigenvalue weighted by Crippen LogP contribution is -2.24. The number of amides is 1. The number of benzene rings is 1. The van der Waals surface area contributed by atoms with Crippen LogP contribution >= 0.6 is 11.3 Å². The molecule has 2 heterocycles. The molecule has 3 aromatic rings. The maximum absolute atomic E-state index is 12.3. The van der Waals surface area contributed by atoms with Crippen molar-refractivity contribution in [1.29, 1.82) is 0 Å². The van der Waals surface area contributed by atoms with Crippen LogP contribution in [0.1, 0.15) is 24.2 Å². The Bertz CT molecular complexity index is 805. The molecule has 108 valence electrons. The predicted octanol–water partition coefficient (Wildman–Crippen LogP) is 3.31. The van der Waals surface area contributed by atoms with Gasteiger partial charge in [-0.3, -0.25) is 9.48 Å². The average molecular weight is 300 g/mol. The number of carbonyl (C=O) groups excluding carboxylic acids is 1. The van der Waals surface area contributed by atoms with Crippen molar-refractivity contribution in [2.75, 3.05) is 5.32 Å². The zero-order chi connectivity index (χ0) is 15.0. The Morgan fingerprint density at radius 1 is 1.33 bits per heavy atom. The fourth-order valence-corrected chi connectivity index (χ4v) is 3.03. The van der Waals surface area contributed by atoms with E-state index in [1.54, 1.807) is 10.9 Å². The Morgan fingerprint density at radius 3 is 2.86 bits per heavy atom. The second-order valence-corrected chi connectivity index (χ2v) is 6.12. The van der Waals surface area contributed by atoms with Crippen LogP contribution in [0.5, 0.6) is 0 Å². The first-order valence-corrected chi connectivity index (χ1v) is 7.54. The van der Waals surface area contributed by atoms with Gasteiger partial charge < -0.3 is 5.32 Å². The number of carbonyl (C=O) groups is 1. The number of fused-ring (bicyclic) bond motifs is 1. The highest BCUT2D eigenvalue weighted by Gasteiger charge is 2.17. The van der Waals surface area contributed by atoms with E-state index in [2.05, 4.69) is 21.5 Å². The fraction of sp³-hybridized carbons (Fsp3) is 0.267. The smallest absolute Gasteiger partial charge is 0.250 e. The Morgan fingerprint density at radius 2 is 2.14 bits per heavy atom. The summed E-state index contributed by atoms with van der Waals surface area (Å²) in [5.41, 5.74) is 2.98. The molecule has 0 spiro atoms. The van der Waals surface area contributed by atoms with Gasteiger partial charge in [-0.1, -0.05) is 17.4 Å². The van der Waals surface area contributed by atoms with Gasteiger partial charge in [0.2, 0.25) is 0 Å². The molecule has 0 saturated carbocycles. The van der Waals surface area contributed by atoms with Crippen molar-refractivity contribution in [3.63, 3.8) is 0 Å². The van der Waals surface area contributed by atoms with Gasteiger partial charge in [-0.2, -0.15) is 5.10 Å². The minimum Gasteiger partial charge on any atom is -0.300 e. The van der Waals surface area contributed by atoms with Crippen molar-refractivity contribution in [3.8, 4) is 0 Å². The van der Waals surface area contributed by atoms with E-state index in [4.69, 9.17) is 0 Å². The SMILES string of the molecule is Cc1ccc2nc(NC(=O)C(C)n3ccc(C)n3)sc2c1. The molecule has 0 aliphatic carbocycles. The first-order chi connectivity index (χ1) is 10.0. The van der Waals surface area contributed by atoms with Gasteiger partial charge in [0.15, 0.2) is 5.13 Å². The average Bonchev–Trinajstić information content (AvgIpc) is 3.03. The van der Waals surface area contributed by atoms with Crippen LogP contribution in [0, 0.1) is 13.8 Å². The molecule has 21 heavy (non-hydrogen) atoms. The monoisotopic (exact) mass is 300 g/mol. The third-order valence-corrected chi connectivity index (χ3v) is 4.23. The van der Waals surface area contributed by atoms with Crippen molar-refractivity contribution in [2.45, 2.75) is 26.8 Å². The standard InChI is InChI=1S/C15H16N4OS/c1-9-4-5-12-13(8-9)21-15(16-12)17-14(20)11(3)19-7-6-10(2)18-19/h4-8,11H,1-3H3,(H,16,17,20). The highest BCUT2D eigenvalue weighted by atomic mass is 32.1. The van der Waals surface area contributed by atoms with Crippen LogP contribution < -0.4 is 5.32 Å². The third-order valence-electron chi connectivity index (χ3n) is 3.29. The summed E-state index contributed by atoms with van der Waals surface area (Å²) in [5.74, 6) is -0.117. The lowest BCUT2D eigenvalue weighted by atomic mass is 10.2. The molecule has 1 amide bonds. The van der Waals surface area contributed by atoms with Crippen LogP contribution in [-0.2, 0) is 4.79 Å². The summed E-state index contributed by atoms with van der Waals surface area (Å²) < 4.78 is 2.73. The Balaban J connectivity index is 1.79. The Labute approximate surface area is 126 Å². The van der Waals surface area contributed by atoms with Crippen LogP contribution in [0.4, 0.5) is 5.13 Å². The highest BCUT2D eigenvalue weighted by molar-refractivity contribution is 7.22. The number of hydrogen-bond donors (Lipinski definition) is 1. The van der Waals surface area contributed by atoms with Crippen LogP contribution in [0.2, 0.25) is 0 Å². The van der Waals surface area contributed by atoms with E-state index in [0.717, 1.165) is 15.9 Å². The van der Waals surface area contributed by atoms with Gasteiger partial charge >= 0.3 is 0 Å². The number of nitrogens with zero attached hydrogens (tertiary/aromatic N) is 3. The van der Waals surface area contributed by atoms with Crippen molar-refractivity contribution in [3.05, 3.63) is 41.7 Å². The maximum atomic E-state index is 12.3. The summed E-state index contributed by atoms with van der Waals surface area (Å²) >= 11 is 1.48. The lowest BCUT2D eigenvalue weighted by molar-refractivity contribution is -0.119. The van der Waals surface area contributed by atoms with Crippen molar-refractivity contribution in [2.24, 2.45) is 0 Å². The summed E-state index contributed by atoms with van der Waals surface area (Å²) in [4.78, 5) is 16.7. The van der Waals surface area contributed by atoms with Crippen LogP contribution in [-0.4, -0.2) is 20.7 Å². The topological polar surface area (TPSA) is 59.8 Å². The van der Waals surface area contributed by atoms with Crippen molar-refractivity contribution >= 4 is 32.6 Å². The lowest BCUT2D eigenvalue weighted by Gasteiger charge is -2.10. The molecular formula is C15H16N4OS. The van der Waals surface area contributed by atoms with Crippen molar-refractivity contribution < 1.29 is 4.79 Å². The Hall–Kier alpha value is -2.21. The number of aryl methyl sites for hydroxylation is 2. The normalized spacial score (nSPS) is 12.5. The molecule has 1 N–H and O–H groups in total. The zero-order valence-electron chi connectivity index (χ0n) is 12.1. The molecule has 0 saturated heterocycles. The number of rotatable bonds is 3. The van der Waals surface area contributed by atoms with E-state index in [1.807, 2.05) is 39.0 Å². The molecule has 1 aromatic carbocycles. The first-order valence-electron chi connectivity index (χ1n) is 6.73. The molecule has 1 atom stereocenters. The zero-order valence-corrected chi connectivity index (χ0v) is 12.9. The second-order valence-electron chi connectivity index (χ2n) is 5.09. The molecule has 6 heteroatoms. The predicted molar refractivity (Wildman–Crippen MR) is 84.7 cm³/mol. The fourth-order valence-electron chi connectivity index (χ4n) is 2.06. The third kappa shape index (κ3) is 2.80. The molecule has 3 rings (SSSR count). The number of anilines is 1. The number of hydrogen-bond acceptors (Lipinski definition) is 4. The molecule has 0 aliphatic heterocycles. The van der Waals surface area contributed by atoms with Gasteiger partial charge in [0.25, 0.3) is 5.91 Å². The number of nitrogens with one attached hydrogen (secondary N) is 1. The largest absolute Gasteiger partial charge is 0.300 e. The molecule has 0 aliphatic rings. The summed E-state index contributed by atoms with van der Waals surface area (Å²) in [5, 5.41) is 7.75. The summed E-state index contributed by atoms with van der Waals surface area (Å²) in [6, 6.07) is 7.57. The van der Waals surface area contributed by atoms with E-state index >= 15 is 0 Å². The van der Waals surface area contributed by atoms with E-state index in [0.29, 0.717) is 5.13 Å². The summed E-state index contributed by atoms with van der Waals surface area (Å²) in [6.45, 7) is 5.76. The van der Waals surface area contributed by atoms with E-state index < -0.39 is 0 Å². The molecule has 2 aromatic heterocycles. The van der Waals surface area contributed by atoms with Gasteiger partial charge in [-0.25, -0.2) is 4.98 Å². The minimum absolute atomic E-state index is 0.117. The molecule has 0 bridgehead atoms. The number of thiazole rings is 1. The summed E-state index contributed by atoms with van der Waals surface area (Å²) in [7, 11) is 0. The van der Waals surface area contributed by atoms with Gasteiger partial charge in [-0.15, -0.1) is 0 Å². The number of aromatic nitrogens is 3. The van der Waals surface area contributed by atoms with E-state index in [9.17, 15) is 4.79 Å². The quantitative estimate of drug-likeness (QED) is 0.807. The molecule has 0 radical (unpaired) electrons. The Kier molecular flexibility index (Phi) is 3.47. The molecule has 1 unspecified atom stereocenters. The minimum atomic E-state index is -0.368. The summed E-state index contributed by atoms with van der Waals surface area (Å²) in [6.07, 6.45) is 1.81. The van der Waals surface area contributed by atoms with Gasteiger partial charge in [0, 0.05) is 6.20 Å². The van der Waals surface area contributed by atoms with Crippen LogP contribution in [0.3, 0.4) is 0 Å². The molecule has 0 fully saturated rings. The van der Waals surface area contributed by atoms with Crippen molar-refractivity contribution in [1.82, 2.24) is 14.8 Å². The van der Waals surface area contributed by atoms with Crippen LogP contribution in [0.25, 0.3) is 10.2 Å². The van der Waals surface area contributed by atoms with E-state index in [-0.39, 0.29) is 11.9 Å². The van der Waals surface area contributed by atoms with E-state index in [1.165, 1.54) is 16.9 Å². The molecule has 5 nitrogen and oxygen atoms in total. The second kappa shape index (κ2) is 5.29. The molecular weight excluding hydrogens is 284 g/mol. The van der Waals surface area contributed by atoms with Crippen LogP contribution in [0.15, 0.2) is 30.5 Å². The first kappa shape index (κ1) is 13.8.